The second-order valence-corrected chi connectivity index (χ2v) is 6.17. The first-order chi connectivity index (χ1) is 13.1. The Balaban J connectivity index is 1.84. The minimum atomic E-state index is -4.71. The Labute approximate surface area is 156 Å². The number of carbonyl (C=O) groups is 1. The number of halogens is 3. The van der Waals surface area contributed by atoms with Gasteiger partial charge in [0.2, 0.25) is 0 Å². The second kappa shape index (κ2) is 7.47. The van der Waals surface area contributed by atoms with Gasteiger partial charge >= 0.3 is 12.1 Å². The van der Waals surface area contributed by atoms with Crippen LogP contribution < -0.4 is 0 Å². The molecule has 1 aliphatic heterocycles. The molecule has 10 heteroatoms. The molecule has 0 saturated carbocycles. The highest BCUT2D eigenvalue weighted by Gasteiger charge is 2.33. The third-order valence-corrected chi connectivity index (χ3v) is 4.08. The van der Waals surface area contributed by atoms with Crippen molar-refractivity contribution in [2.75, 3.05) is 0 Å². The van der Waals surface area contributed by atoms with E-state index in [9.17, 15) is 33.2 Å². The lowest BCUT2D eigenvalue weighted by molar-refractivity contribution is -0.384. The van der Waals surface area contributed by atoms with E-state index in [-0.39, 0.29) is 29.9 Å². The molecule has 1 aromatic carbocycles. The number of cyclic esters (lactones) is 1. The van der Waals surface area contributed by atoms with Crippen molar-refractivity contribution >= 4 is 17.7 Å². The van der Waals surface area contributed by atoms with Gasteiger partial charge in [-0.3, -0.25) is 14.9 Å². The number of furan rings is 1. The monoisotopic (exact) mass is 397 g/mol. The van der Waals surface area contributed by atoms with Crippen LogP contribution in [0.3, 0.4) is 0 Å². The fourth-order valence-electron chi connectivity index (χ4n) is 2.78. The molecule has 0 spiro atoms. The molecule has 7 nitrogen and oxygen atoms in total. The molecule has 2 atom stereocenters. The Kier molecular flexibility index (Phi) is 5.23. The van der Waals surface area contributed by atoms with Gasteiger partial charge in [-0.1, -0.05) is 0 Å². The Morgan fingerprint density at radius 3 is 2.64 bits per heavy atom. The van der Waals surface area contributed by atoms with E-state index in [1.54, 1.807) is 0 Å². The number of benzene rings is 1. The van der Waals surface area contributed by atoms with Crippen molar-refractivity contribution in [1.82, 2.24) is 0 Å². The Morgan fingerprint density at radius 1 is 1.25 bits per heavy atom. The second-order valence-electron chi connectivity index (χ2n) is 6.17. The zero-order valence-corrected chi connectivity index (χ0v) is 14.2. The lowest BCUT2D eigenvalue weighted by Crippen LogP contribution is -2.31. The summed E-state index contributed by atoms with van der Waals surface area (Å²) in [4.78, 5) is 21.6. The maximum atomic E-state index is 12.8. The Hall–Kier alpha value is -3.14. The number of aliphatic hydroxyl groups excluding tert-OH is 1. The van der Waals surface area contributed by atoms with Gasteiger partial charge in [-0.25, -0.2) is 0 Å². The molecular formula is C18H14F3NO6. The highest BCUT2D eigenvalue weighted by Crippen LogP contribution is 2.37. The van der Waals surface area contributed by atoms with Crippen LogP contribution in [0.5, 0.6) is 0 Å². The molecule has 0 bridgehead atoms. The Bertz CT molecular complexity index is 934. The predicted octanol–water partition coefficient (Wildman–Crippen LogP) is 3.95. The first-order valence-corrected chi connectivity index (χ1v) is 8.15. The number of esters is 1. The van der Waals surface area contributed by atoms with Crippen LogP contribution in [-0.2, 0) is 15.7 Å². The summed E-state index contributed by atoms with van der Waals surface area (Å²) >= 11 is 0. The number of hydrogen-bond donors (Lipinski definition) is 1. The van der Waals surface area contributed by atoms with Crippen LogP contribution in [0, 0.1) is 10.1 Å². The van der Waals surface area contributed by atoms with Crippen LogP contribution in [0.1, 0.15) is 24.2 Å². The topological polar surface area (TPSA) is 103 Å². The van der Waals surface area contributed by atoms with Crippen molar-refractivity contribution in [3.63, 3.8) is 0 Å². The van der Waals surface area contributed by atoms with Crippen LogP contribution in [-0.4, -0.2) is 28.2 Å². The van der Waals surface area contributed by atoms with Crippen molar-refractivity contribution in [1.29, 1.82) is 0 Å². The van der Waals surface area contributed by atoms with Gasteiger partial charge in [-0.15, -0.1) is 0 Å². The number of aliphatic hydroxyl groups is 1. The van der Waals surface area contributed by atoms with E-state index < -0.39 is 40.5 Å². The van der Waals surface area contributed by atoms with Crippen molar-refractivity contribution in [2.45, 2.75) is 31.2 Å². The molecule has 148 valence electrons. The lowest BCUT2D eigenvalue weighted by Gasteiger charge is -2.23. The predicted molar refractivity (Wildman–Crippen MR) is 90.0 cm³/mol. The molecule has 2 unspecified atom stereocenters. The number of rotatable bonds is 4. The average molecular weight is 397 g/mol. The van der Waals surface area contributed by atoms with Crippen molar-refractivity contribution in [2.24, 2.45) is 0 Å². The molecule has 0 amide bonds. The van der Waals surface area contributed by atoms with E-state index >= 15 is 0 Å². The van der Waals surface area contributed by atoms with Gasteiger partial charge in [0.25, 0.3) is 5.69 Å². The average Bonchev–Trinajstić information content (AvgIpc) is 3.06. The summed E-state index contributed by atoms with van der Waals surface area (Å²) in [5.41, 5.74) is -1.96. The SMILES string of the molecule is O=C1CC(O)CC(C=Cc2ccc(-c3ccc(C(F)(F)F)cc3[N+](=O)[O-])o2)O1. The van der Waals surface area contributed by atoms with Crippen LogP contribution in [0.4, 0.5) is 18.9 Å². The van der Waals surface area contributed by atoms with E-state index in [0.29, 0.717) is 6.07 Å². The zero-order chi connectivity index (χ0) is 20.5. The van der Waals surface area contributed by atoms with E-state index in [2.05, 4.69) is 0 Å². The number of ether oxygens (including phenoxy) is 1. The molecule has 1 saturated heterocycles. The fraction of sp³-hybridized carbons (Fsp3) is 0.278. The first kappa shape index (κ1) is 19.6. The summed E-state index contributed by atoms with van der Waals surface area (Å²) in [6.07, 6.45) is -3.07. The normalized spacial score (nSPS) is 20.4. The van der Waals surface area contributed by atoms with Crippen molar-refractivity contribution in [3.8, 4) is 11.3 Å². The molecule has 28 heavy (non-hydrogen) atoms. The van der Waals surface area contributed by atoms with Gasteiger partial charge in [0.1, 0.15) is 17.6 Å². The smallest absolute Gasteiger partial charge is 0.416 e. The minimum Gasteiger partial charge on any atom is -0.458 e. The van der Waals surface area contributed by atoms with E-state index in [1.807, 2.05) is 0 Å². The van der Waals surface area contributed by atoms with Crippen LogP contribution in [0.2, 0.25) is 0 Å². The van der Waals surface area contributed by atoms with Gasteiger partial charge in [-0.2, -0.15) is 13.2 Å². The van der Waals surface area contributed by atoms with Gasteiger partial charge in [0.15, 0.2) is 0 Å². The number of nitro groups is 1. The third-order valence-electron chi connectivity index (χ3n) is 4.08. The van der Waals surface area contributed by atoms with Gasteiger partial charge < -0.3 is 14.3 Å². The maximum absolute atomic E-state index is 12.8. The van der Waals surface area contributed by atoms with Gasteiger partial charge in [0, 0.05) is 12.5 Å². The number of alkyl halides is 3. The maximum Gasteiger partial charge on any atom is 0.416 e. The summed E-state index contributed by atoms with van der Waals surface area (Å²) < 4.78 is 48.9. The largest absolute Gasteiger partial charge is 0.458 e. The number of nitro benzene ring substituents is 1. The number of nitrogens with zero attached hydrogens (tertiary/aromatic N) is 1. The van der Waals surface area contributed by atoms with E-state index in [1.165, 1.54) is 24.3 Å². The lowest BCUT2D eigenvalue weighted by atomic mass is 10.1. The summed E-state index contributed by atoms with van der Waals surface area (Å²) in [6, 6.07) is 5.03. The van der Waals surface area contributed by atoms with E-state index in [0.717, 1.165) is 12.1 Å². The summed E-state index contributed by atoms with van der Waals surface area (Å²) in [5, 5.41) is 20.7. The highest BCUT2D eigenvalue weighted by atomic mass is 19.4. The van der Waals surface area contributed by atoms with Crippen molar-refractivity contribution in [3.05, 3.63) is 57.8 Å². The third kappa shape index (κ3) is 4.39. The molecule has 0 aliphatic carbocycles. The highest BCUT2D eigenvalue weighted by molar-refractivity contribution is 5.72. The molecular weight excluding hydrogens is 383 g/mol. The molecule has 1 N–H and O–H groups in total. The first-order valence-electron chi connectivity index (χ1n) is 8.15. The zero-order valence-electron chi connectivity index (χ0n) is 14.2. The molecule has 0 radical (unpaired) electrons. The molecule has 2 heterocycles. The van der Waals surface area contributed by atoms with Gasteiger partial charge in [-0.05, 0) is 36.4 Å². The summed E-state index contributed by atoms with van der Waals surface area (Å²) in [7, 11) is 0. The number of carbonyl (C=O) groups excluding carboxylic acids is 1. The van der Waals surface area contributed by atoms with Crippen molar-refractivity contribution < 1.29 is 37.1 Å². The van der Waals surface area contributed by atoms with Crippen LogP contribution >= 0.6 is 0 Å². The minimum absolute atomic E-state index is 0.0146. The Morgan fingerprint density at radius 2 is 2.00 bits per heavy atom. The van der Waals surface area contributed by atoms with Crippen LogP contribution in [0.15, 0.2) is 40.8 Å². The molecule has 1 aliphatic rings. The van der Waals surface area contributed by atoms with Gasteiger partial charge in [0.05, 0.1) is 28.6 Å². The molecule has 3 rings (SSSR count). The van der Waals surface area contributed by atoms with E-state index in [4.69, 9.17) is 9.15 Å². The molecule has 2 aromatic rings. The fourth-order valence-corrected chi connectivity index (χ4v) is 2.78. The summed E-state index contributed by atoms with van der Waals surface area (Å²) in [6.45, 7) is 0. The molecule has 1 fully saturated rings. The standard InChI is InChI=1S/C18H14F3NO6/c19-18(20,21)10-1-5-14(15(7-10)22(25)26)16-6-4-12(27-16)2-3-13-8-11(23)9-17(24)28-13/h1-7,11,13,23H,8-9H2. The quantitative estimate of drug-likeness (QED) is 0.476. The number of hydrogen-bond acceptors (Lipinski definition) is 6. The molecule has 1 aromatic heterocycles. The summed E-state index contributed by atoms with van der Waals surface area (Å²) in [5.74, 6) is -0.269. The van der Waals surface area contributed by atoms with Crippen LogP contribution in [0.25, 0.3) is 17.4 Å².